The summed E-state index contributed by atoms with van der Waals surface area (Å²) in [6, 6.07) is 2.38. The topological polar surface area (TPSA) is 12.0 Å². The molecule has 1 aromatic heterocycles. The van der Waals surface area contributed by atoms with Gasteiger partial charge in [0.25, 0.3) is 0 Å². The summed E-state index contributed by atoms with van der Waals surface area (Å²) in [6.07, 6.45) is 8.11. The Kier molecular flexibility index (Phi) is 4.41. The van der Waals surface area contributed by atoms with E-state index in [2.05, 4.69) is 36.7 Å². The second-order valence-corrected chi connectivity index (χ2v) is 7.04. The van der Waals surface area contributed by atoms with Crippen LogP contribution in [0, 0.1) is 0 Å². The number of thiophene rings is 1. The van der Waals surface area contributed by atoms with Gasteiger partial charge in [0.05, 0.1) is 10.7 Å². The van der Waals surface area contributed by atoms with E-state index in [4.69, 9.17) is 0 Å². The van der Waals surface area contributed by atoms with Crippen molar-refractivity contribution in [3.8, 4) is 0 Å². The molecule has 1 saturated carbocycles. The van der Waals surface area contributed by atoms with Gasteiger partial charge in [0, 0.05) is 25.1 Å². The van der Waals surface area contributed by atoms with Crippen LogP contribution in [0.25, 0.3) is 0 Å². The average Bonchev–Trinajstić information content (AvgIpc) is 2.72. The summed E-state index contributed by atoms with van der Waals surface area (Å²) in [7, 11) is 2.23. The molecule has 0 spiro atoms. The molecule has 1 aliphatic rings. The fourth-order valence-electron chi connectivity index (χ4n) is 2.87. The largest absolute Gasteiger partial charge is 0.179 e. The van der Waals surface area contributed by atoms with Crippen molar-refractivity contribution < 1.29 is 0 Å². The third-order valence-corrected chi connectivity index (χ3v) is 5.46. The van der Waals surface area contributed by atoms with Crippen molar-refractivity contribution in [2.75, 3.05) is 11.8 Å². The summed E-state index contributed by atoms with van der Waals surface area (Å²) >= 11 is 0. The smallest absolute Gasteiger partial charge is 0.121 e. The van der Waals surface area contributed by atoms with Crippen molar-refractivity contribution in [2.45, 2.75) is 51.4 Å². The highest BCUT2D eigenvalue weighted by Gasteiger charge is 2.26. The van der Waals surface area contributed by atoms with Crippen molar-refractivity contribution in [1.29, 1.82) is 0 Å². The first-order valence-electron chi connectivity index (χ1n) is 6.68. The highest BCUT2D eigenvalue weighted by atomic mass is 32.2. The molecule has 2 heteroatoms. The van der Waals surface area contributed by atoms with E-state index < -0.39 is 0 Å². The monoisotopic (exact) mass is 250 g/mol. The Bertz CT molecular complexity index is 386. The number of rotatable bonds is 4. The lowest BCUT2D eigenvalue weighted by Gasteiger charge is -2.20. The lowest BCUT2D eigenvalue weighted by atomic mass is 9.84. The zero-order chi connectivity index (χ0) is 12.3. The third kappa shape index (κ3) is 2.99. The van der Waals surface area contributed by atoms with Crippen molar-refractivity contribution in [3.05, 3.63) is 34.0 Å². The van der Waals surface area contributed by atoms with Gasteiger partial charge in [-0.25, -0.2) is 0 Å². The molecule has 1 aromatic rings. The van der Waals surface area contributed by atoms with Gasteiger partial charge in [-0.3, -0.25) is 0 Å². The minimum Gasteiger partial charge on any atom is -0.121 e. The maximum absolute atomic E-state index is 4.08. The quantitative estimate of drug-likeness (QED) is 0.599. The molecule has 1 N–H and O–H groups in total. The average molecular weight is 250 g/mol. The van der Waals surface area contributed by atoms with Crippen molar-refractivity contribution in [3.63, 3.8) is 0 Å². The zero-order valence-corrected chi connectivity index (χ0v) is 11.9. The van der Waals surface area contributed by atoms with E-state index in [1.807, 2.05) is 0 Å². The van der Waals surface area contributed by atoms with Crippen molar-refractivity contribution >= 4 is 10.7 Å². The number of hydrogen-bond acceptors (Lipinski definition) is 1. The Morgan fingerprint density at radius 1 is 1.41 bits per heavy atom. The summed E-state index contributed by atoms with van der Waals surface area (Å²) in [4.78, 5) is 1.60. The maximum Gasteiger partial charge on any atom is 0.179 e. The molecule has 1 heterocycles. The van der Waals surface area contributed by atoms with Crippen LogP contribution in [0.1, 0.15) is 55.4 Å². The lowest BCUT2D eigenvalue weighted by molar-refractivity contribution is 0.443. The van der Waals surface area contributed by atoms with E-state index in [9.17, 15) is 0 Å². The molecular weight excluding hydrogens is 226 g/mol. The van der Waals surface area contributed by atoms with Gasteiger partial charge >= 0.3 is 0 Å². The molecule has 0 saturated heterocycles. The molecule has 1 atom stereocenters. The van der Waals surface area contributed by atoms with Gasteiger partial charge in [-0.15, -0.1) is 4.72 Å². The van der Waals surface area contributed by atoms with E-state index in [0.717, 1.165) is 12.3 Å². The van der Waals surface area contributed by atoms with Gasteiger partial charge in [-0.2, -0.15) is 0 Å². The Morgan fingerprint density at radius 3 is 2.71 bits per heavy atom. The standard InChI is InChI=1S/C15H24NS/c1-12(2)11-15-14(9-10-17(15)16-3)13-7-5-4-6-8-13/h9-10,13,16H,1,4-8,11H2,2-3H3/q+1. The van der Waals surface area contributed by atoms with Gasteiger partial charge in [-0.05, 0) is 25.7 Å². The fraction of sp³-hybridized carbons (Fsp3) is 0.600. The van der Waals surface area contributed by atoms with E-state index >= 15 is 0 Å². The molecule has 2 rings (SSSR count). The first-order valence-corrected chi connectivity index (χ1v) is 7.97. The molecule has 0 bridgehead atoms. The van der Waals surface area contributed by atoms with Crippen LogP contribution < -0.4 is 4.72 Å². The predicted molar refractivity (Wildman–Crippen MR) is 78.5 cm³/mol. The Morgan fingerprint density at radius 2 is 2.12 bits per heavy atom. The van der Waals surface area contributed by atoms with Crippen LogP contribution in [0.4, 0.5) is 0 Å². The summed E-state index contributed by atoms with van der Waals surface area (Å²) < 4.78 is 3.43. The van der Waals surface area contributed by atoms with Crippen LogP contribution in [0.3, 0.4) is 0 Å². The fourth-order valence-corrected chi connectivity index (χ4v) is 4.59. The van der Waals surface area contributed by atoms with Gasteiger partial charge in [0.1, 0.15) is 0 Å². The second kappa shape index (κ2) is 5.83. The lowest BCUT2D eigenvalue weighted by Crippen LogP contribution is -2.06. The van der Waals surface area contributed by atoms with E-state index in [1.165, 1.54) is 37.7 Å². The summed E-state index contributed by atoms with van der Waals surface area (Å²) in [5.41, 5.74) is 2.91. The molecule has 1 nitrogen and oxygen atoms in total. The van der Waals surface area contributed by atoms with Crippen molar-refractivity contribution in [2.24, 2.45) is 0 Å². The van der Waals surface area contributed by atoms with Gasteiger partial charge in [-0.1, -0.05) is 31.4 Å². The SMILES string of the molecule is C=C(C)Cc1c(C2CCCCC2)cc[s+]1NC. The normalized spacial score (nSPS) is 18.4. The molecular formula is C15H24NS+. The van der Waals surface area contributed by atoms with Gasteiger partial charge in [0.2, 0.25) is 0 Å². The molecule has 1 aliphatic carbocycles. The molecule has 0 radical (unpaired) electrons. The van der Waals surface area contributed by atoms with E-state index in [1.54, 1.807) is 10.4 Å². The number of nitrogens with one attached hydrogen (secondary N) is 1. The zero-order valence-electron chi connectivity index (χ0n) is 11.1. The van der Waals surface area contributed by atoms with E-state index in [-0.39, 0.29) is 10.7 Å². The minimum absolute atomic E-state index is 0.164. The number of allylic oxidation sites excluding steroid dienone is 1. The van der Waals surface area contributed by atoms with Gasteiger partial charge < -0.3 is 0 Å². The highest BCUT2D eigenvalue weighted by Crippen LogP contribution is 2.39. The van der Waals surface area contributed by atoms with Crippen molar-refractivity contribution in [1.82, 2.24) is 0 Å². The van der Waals surface area contributed by atoms with Gasteiger partial charge in [0.15, 0.2) is 10.3 Å². The minimum atomic E-state index is 0.164. The molecule has 94 valence electrons. The maximum atomic E-state index is 4.08. The van der Waals surface area contributed by atoms with Crippen LogP contribution >= 0.6 is 10.7 Å². The number of hydrogen-bond donors (Lipinski definition) is 1. The second-order valence-electron chi connectivity index (χ2n) is 5.19. The molecule has 1 unspecified atom stereocenters. The summed E-state index contributed by atoms with van der Waals surface area (Å²) in [5.74, 6) is 0.820. The molecule has 0 amide bonds. The Hall–Kier alpha value is -0.600. The Balaban J connectivity index is 2.25. The first-order chi connectivity index (χ1) is 8.22. The molecule has 0 aliphatic heterocycles. The third-order valence-electron chi connectivity index (χ3n) is 3.70. The Labute approximate surface area is 108 Å². The summed E-state index contributed by atoms with van der Waals surface area (Å²) in [5, 5.41) is 2.35. The van der Waals surface area contributed by atoms with Crippen LogP contribution in [-0.4, -0.2) is 7.05 Å². The predicted octanol–water partition coefficient (Wildman–Crippen LogP) is 4.78. The first kappa shape index (κ1) is 12.8. The molecule has 1 fully saturated rings. The van der Waals surface area contributed by atoms with E-state index in [0.29, 0.717) is 0 Å². The molecule has 17 heavy (non-hydrogen) atoms. The van der Waals surface area contributed by atoms with Crippen LogP contribution in [0.2, 0.25) is 0 Å². The van der Waals surface area contributed by atoms with Crippen LogP contribution in [0.15, 0.2) is 23.6 Å². The van der Waals surface area contributed by atoms with Crippen LogP contribution in [-0.2, 0) is 6.42 Å². The molecule has 0 aromatic carbocycles. The summed E-state index contributed by atoms with van der Waals surface area (Å²) in [6.45, 7) is 6.22. The van der Waals surface area contributed by atoms with Crippen LogP contribution in [0.5, 0.6) is 0 Å². The highest BCUT2D eigenvalue weighted by molar-refractivity contribution is 7.31.